The number of hydrogen-bond acceptors (Lipinski definition) is 4. The molecule has 0 spiro atoms. The van der Waals surface area contributed by atoms with Gasteiger partial charge in [-0.3, -0.25) is 15.2 Å². The highest BCUT2D eigenvalue weighted by molar-refractivity contribution is 5.88. The average molecular weight is 212 g/mol. The average Bonchev–Trinajstić information content (AvgIpc) is 2.51. The first-order chi connectivity index (χ1) is 7.11. The van der Waals surface area contributed by atoms with Crippen LogP contribution in [0.3, 0.4) is 0 Å². The standard InChI is InChI=1S/C9H16N4O2/c1-6(5-15-3)4-8(14)11-9-10-7(2)12-13-9/h6H,4-5H2,1-3H3,(H2,10,11,12,13,14). The summed E-state index contributed by atoms with van der Waals surface area (Å²) >= 11 is 0. The minimum Gasteiger partial charge on any atom is -0.384 e. The van der Waals surface area contributed by atoms with Crippen LogP contribution in [0, 0.1) is 12.8 Å². The molecule has 1 amide bonds. The molecule has 15 heavy (non-hydrogen) atoms. The van der Waals surface area contributed by atoms with Crippen molar-refractivity contribution in [1.29, 1.82) is 0 Å². The Balaban J connectivity index is 2.36. The van der Waals surface area contributed by atoms with Crippen LogP contribution in [-0.4, -0.2) is 34.8 Å². The maximum absolute atomic E-state index is 11.4. The van der Waals surface area contributed by atoms with E-state index in [1.54, 1.807) is 14.0 Å². The highest BCUT2D eigenvalue weighted by Gasteiger charge is 2.10. The smallest absolute Gasteiger partial charge is 0.248 e. The Hall–Kier alpha value is -1.43. The van der Waals surface area contributed by atoms with Crippen LogP contribution in [-0.2, 0) is 9.53 Å². The van der Waals surface area contributed by atoms with E-state index in [1.165, 1.54) is 0 Å². The number of hydrogen-bond donors (Lipinski definition) is 2. The molecule has 1 aromatic heterocycles. The third-order valence-electron chi connectivity index (χ3n) is 1.83. The third kappa shape index (κ3) is 4.07. The van der Waals surface area contributed by atoms with E-state index in [4.69, 9.17) is 4.74 Å². The normalized spacial score (nSPS) is 12.5. The molecule has 0 saturated heterocycles. The van der Waals surface area contributed by atoms with Crippen LogP contribution < -0.4 is 5.32 Å². The number of aromatic nitrogens is 3. The summed E-state index contributed by atoms with van der Waals surface area (Å²) in [5.41, 5.74) is 0. The molecule has 0 aliphatic carbocycles. The maximum Gasteiger partial charge on any atom is 0.248 e. The second-order valence-electron chi connectivity index (χ2n) is 3.56. The molecule has 1 atom stereocenters. The highest BCUT2D eigenvalue weighted by atomic mass is 16.5. The van der Waals surface area contributed by atoms with E-state index in [0.717, 1.165) is 0 Å². The molecule has 1 rings (SSSR count). The van der Waals surface area contributed by atoms with Gasteiger partial charge in [0.05, 0.1) is 0 Å². The van der Waals surface area contributed by atoms with E-state index in [9.17, 15) is 4.79 Å². The Morgan fingerprint density at radius 1 is 1.67 bits per heavy atom. The molecule has 6 nitrogen and oxygen atoms in total. The molecule has 6 heteroatoms. The van der Waals surface area contributed by atoms with E-state index >= 15 is 0 Å². The molecule has 1 aromatic rings. The lowest BCUT2D eigenvalue weighted by atomic mass is 10.1. The molecular formula is C9H16N4O2. The van der Waals surface area contributed by atoms with Crippen molar-refractivity contribution >= 4 is 11.9 Å². The Morgan fingerprint density at radius 2 is 2.40 bits per heavy atom. The van der Waals surface area contributed by atoms with Gasteiger partial charge in [-0.2, -0.15) is 4.98 Å². The minimum atomic E-state index is -0.0986. The second-order valence-corrected chi connectivity index (χ2v) is 3.56. The van der Waals surface area contributed by atoms with Crippen LogP contribution in [0.4, 0.5) is 5.95 Å². The summed E-state index contributed by atoms with van der Waals surface area (Å²) in [6, 6.07) is 0. The molecular weight excluding hydrogens is 196 g/mol. The zero-order valence-electron chi connectivity index (χ0n) is 9.20. The van der Waals surface area contributed by atoms with Crippen LogP contribution in [0.5, 0.6) is 0 Å². The SMILES string of the molecule is COCC(C)CC(=O)Nc1n[nH]c(C)n1. The fraction of sp³-hybridized carbons (Fsp3) is 0.667. The van der Waals surface area contributed by atoms with Gasteiger partial charge in [0.2, 0.25) is 11.9 Å². The van der Waals surface area contributed by atoms with Crippen molar-refractivity contribution in [2.24, 2.45) is 5.92 Å². The van der Waals surface area contributed by atoms with Gasteiger partial charge in [0, 0.05) is 20.1 Å². The van der Waals surface area contributed by atoms with E-state index < -0.39 is 0 Å². The van der Waals surface area contributed by atoms with Gasteiger partial charge in [-0.1, -0.05) is 6.92 Å². The Kier molecular flexibility index (Phi) is 4.23. The summed E-state index contributed by atoms with van der Waals surface area (Å²) in [5, 5.41) is 9.07. The molecule has 84 valence electrons. The number of aryl methyl sites for hydroxylation is 1. The lowest BCUT2D eigenvalue weighted by molar-refractivity contribution is -0.117. The number of aromatic amines is 1. The predicted octanol–water partition coefficient (Wildman–Crippen LogP) is 0.724. The number of ether oxygens (including phenoxy) is 1. The van der Waals surface area contributed by atoms with E-state index in [1.807, 2.05) is 6.92 Å². The van der Waals surface area contributed by atoms with Crippen molar-refractivity contribution in [3.8, 4) is 0 Å². The van der Waals surface area contributed by atoms with E-state index in [2.05, 4.69) is 20.5 Å². The topological polar surface area (TPSA) is 79.9 Å². The van der Waals surface area contributed by atoms with Crippen LogP contribution >= 0.6 is 0 Å². The predicted molar refractivity (Wildman–Crippen MR) is 55.4 cm³/mol. The number of H-pyrrole nitrogens is 1. The lowest BCUT2D eigenvalue weighted by Crippen LogP contribution is -2.18. The molecule has 0 saturated carbocycles. The number of nitrogens with zero attached hydrogens (tertiary/aromatic N) is 2. The number of carbonyl (C=O) groups is 1. The number of amides is 1. The first kappa shape index (κ1) is 11.6. The lowest BCUT2D eigenvalue weighted by Gasteiger charge is -2.08. The number of nitrogens with one attached hydrogen (secondary N) is 2. The minimum absolute atomic E-state index is 0.0986. The quantitative estimate of drug-likeness (QED) is 0.753. The number of methoxy groups -OCH3 is 1. The Labute approximate surface area is 88.4 Å². The van der Waals surface area contributed by atoms with Gasteiger partial charge in [-0.25, -0.2) is 0 Å². The first-order valence-corrected chi connectivity index (χ1v) is 4.79. The van der Waals surface area contributed by atoms with Gasteiger partial charge in [-0.05, 0) is 12.8 Å². The summed E-state index contributed by atoms with van der Waals surface area (Å²) in [7, 11) is 1.62. The molecule has 0 radical (unpaired) electrons. The Bertz CT molecular complexity index is 324. The molecule has 0 aliphatic heterocycles. The molecule has 2 N–H and O–H groups in total. The van der Waals surface area contributed by atoms with E-state index in [0.29, 0.717) is 24.8 Å². The zero-order chi connectivity index (χ0) is 11.3. The Morgan fingerprint density at radius 3 is 2.93 bits per heavy atom. The maximum atomic E-state index is 11.4. The van der Waals surface area contributed by atoms with Gasteiger partial charge in [-0.15, -0.1) is 5.10 Å². The van der Waals surface area contributed by atoms with Crippen molar-refractivity contribution in [3.05, 3.63) is 5.82 Å². The van der Waals surface area contributed by atoms with Crippen LogP contribution in [0.15, 0.2) is 0 Å². The molecule has 1 heterocycles. The highest BCUT2D eigenvalue weighted by Crippen LogP contribution is 2.04. The summed E-state index contributed by atoms with van der Waals surface area (Å²) in [6.45, 7) is 4.29. The first-order valence-electron chi connectivity index (χ1n) is 4.79. The van der Waals surface area contributed by atoms with Gasteiger partial charge in [0.15, 0.2) is 0 Å². The van der Waals surface area contributed by atoms with E-state index in [-0.39, 0.29) is 11.8 Å². The largest absolute Gasteiger partial charge is 0.384 e. The molecule has 0 fully saturated rings. The molecule has 0 aromatic carbocycles. The van der Waals surface area contributed by atoms with Crippen molar-refractivity contribution < 1.29 is 9.53 Å². The van der Waals surface area contributed by atoms with Gasteiger partial charge < -0.3 is 4.74 Å². The van der Waals surface area contributed by atoms with Gasteiger partial charge in [0.1, 0.15) is 5.82 Å². The summed E-state index contributed by atoms with van der Waals surface area (Å²) in [6.07, 6.45) is 0.404. The summed E-state index contributed by atoms with van der Waals surface area (Å²) in [4.78, 5) is 15.4. The summed E-state index contributed by atoms with van der Waals surface area (Å²) < 4.78 is 4.94. The van der Waals surface area contributed by atoms with Gasteiger partial charge in [0.25, 0.3) is 0 Å². The van der Waals surface area contributed by atoms with Crippen molar-refractivity contribution in [2.45, 2.75) is 20.3 Å². The van der Waals surface area contributed by atoms with Crippen molar-refractivity contribution in [2.75, 3.05) is 19.0 Å². The zero-order valence-corrected chi connectivity index (χ0v) is 9.20. The second kappa shape index (κ2) is 5.45. The summed E-state index contributed by atoms with van der Waals surface area (Å²) in [5.74, 6) is 1.09. The fourth-order valence-electron chi connectivity index (χ4n) is 1.23. The van der Waals surface area contributed by atoms with Crippen LogP contribution in [0.1, 0.15) is 19.2 Å². The fourth-order valence-corrected chi connectivity index (χ4v) is 1.23. The van der Waals surface area contributed by atoms with Crippen molar-refractivity contribution in [1.82, 2.24) is 15.2 Å². The number of rotatable bonds is 5. The number of anilines is 1. The monoisotopic (exact) mass is 212 g/mol. The molecule has 0 aliphatic rings. The third-order valence-corrected chi connectivity index (χ3v) is 1.83. The molecule has 0 bridgehead atoms. The van der Waals surface area contributed by atoms with Gasteiger partial charge >= 0.3 is 0 Å². The van der Waals surface area contributed by atoms with Crippen LogP contribution in [0.25, 0.3) is 0 Å². The number of carbonyl (C=O) groups excluding carboxylic acids is 1. The van der Waals surface area contributed by atoms with Crippen LogP contribution in [0.2, 0.25) is 0 Å². The molecule has 1 unspecified atom stereocenters. The van der Waals surface area contributed by atoms with Crippen molar-refractivity contribution in [3.63, 3.8) is 0 Å².